The molecule has 2 aromatic carbocycles. The van der Waals surface area contributed by atoms with Crippen LogP contribution in [0.5, 0.6) is 0 Å². The number of halogens is 2. The van der Waals surface area contributed by atoms with Crippen LogP contribution < -0.4 is 11.0 Å². The first-order valence-corrected chi connectivity index (χ1v) is 11.8. The predicted molar refractivity (Wildman–Crippen MR) is 132 cm³/mol. The Morgan fingerprint density at radius 1 is 1.06 bits per heavy atom. The van der Waals surface area contributed by atoms with Gasteiger partial charge >= 0.3 is 5.69 Å². The number of benzene rings is 2. The van der Waals surface area contributed by atoms with Crippen molar-refractivity contribution in [2.24, 2.45) is 7.05 Å². The summed E-state index contributed by atoms with van der Waals surface area (Å²) in [4.78, 5) is 13.7. The topological polar surface area (TPSA) is 74.6 Å². The van der Waals surface area contributed by atoms with Crippen LogP contribution in [0.15, 0.2) is 47.7 Å². The van der Waals surface area contributed by atoms with Crippen LogP contribution in [0.3, 0.4) is 0 Å². The van der Waals surface area contributed by atoms with Gasteiger partial charge in [0.25, 0.3) is 0 Å². The monoisotopic (exact) mass is 489 g/mol. The minimum absolute atomic E-state index is 0.0566. The summed E-state index contributed by atoms with van der Waals surface area (Å²) >= 11 is 0. The van der Waals surface area contributed by atoms with E-state index in [2.05, 4.69) is 10.4 Å². The van der Waals surface area contributed by atoms with Gasteiger partial charge in [0, 0.05) is 44.0 Å². The predicted octanol–water partition coefficient (Wildman–Crippen LogP) is 3.80. The molecule has 6 rings (SSSR count). The Balaban J connectivity index is 1.59. The lowest BCUT2D eigenvalue weighted by Gasteiger charge is -2.21. The van der Waals surface area contributed by atoms with Crippen LogP contribution in [0.1, 0.15) is 35.3 Å². The quantitative estimate of drug-likeness (QED) is 0.418. The zero-order chi connectivity index (χ0) is 25.3. The molecule has 0 radical (unpaired) electrons. The van der Waals surface area contributed by atoms with Gasteiger partial charge in [-0.15, -0.1) is 0 Å². The third kappa shape index (κ3) is 3.17. The molecule has 0 saturated carbocycles. The number of aryl methyl sites for hydroxylation is 3. The molecule has 1 aliphatic rings. The lowest BCUT2D eigenvalue weighted by molar-refractivity contribution is 0.536. The molecule has 184 valence electrons. The van der Waals surface area contributed by atoms with Crippen LogP contribution in [0, 0.1) is 25.5 Å². The number of nitrogens with one attached hydrogen (secondary N) is 1. The summed E-state index contributed by atoms with van der Waals surface area (Å²) < 4.78 is 35.9. The van der Waals surface area contributed by atoms with Crippen molar-refractivity contribution in [1.82, 2.24) is 34.0 Å². The van der Waals surface area contributed by atoms with E-state index in [4.69, 9.17) is 5.10 Å². The highest BCUT2D eigenvalue weighted by molar-refractivity contribution is 5.81. The molecule has 8 nitrogen and oxygen atoms in total. The fourth-order valence-corrected chi connectivity index (χ4v) is 5.15. The molecule has 0 fully saturated rings. The van der Waals surface area contributed by atoms with Crippen molar-refractivity contribution < 1.29 is 8.78 Å². The molecule has 1 atom stereocenters. The normalized spacial score (nSPS) is 15.6. The first kappa shape index (κ1) is 22.4. The molecule has 0 aliphatic carbocycles. The van der Waals surface area contributed by atoms with Gasteiger partial charge < -0.3 is 5.32 Å². The van der Waals surface area contributed by atoms with E-state index in [0.717, 1.165) is 17.8 Å². The lowest BCUT2D eigenvalue weighted by atomic mass is 10.0. The van der Waals surface area contributed by atoms with Gasteiger partial charge in [-0.2, -0.15) is 10.2 Å². The number of aromatic nitrogens is 6. The molecular weight excluding hydrogens is 464 g/mol. The zero-order valence-electron chi connectivity index (χ0n) is 20.4. The number of nitrogens with zero attached hydrogens (tertiary/aromatic N) is 6. The number of imidazole rings is 1. The maximum absolute atomic E-state index is 15.4. The fraction of sp³-hybridized carbons (Fsp3) is 0.269. The molecule has 3 aromatic heterocycles. The summed E-state index contributed by atoms with van der Waals surface area (Å²) in [6.07, 6.45) is 5.32. The number of fused-ring (bicyclic) bond motifs is 2. The summed E-state index contributed by atoms with van der Waals surface area (Å²) in [5.74, 6) is -0.227. The van der Waals surface area contributed by atoms with Gasteiger partial charge in [-0.05, 0) is 56.2 Å². The summed E-state index contributed by atoms with van der Waals surface area (Å²) in [6, 6.07) is 6.71. The molecule has 36 heavy (non-hydrogen) atoms. The van der Waals surface area contributed by atoms with E-state index in [0.29, 0.717) is 40.0 Å². The highest BCUT2D eigenvalue weighted by Gasteiger charge is 2.29. The Morgan fingerprint density at radius 3 is 2.53 bits per heavy atom. The minimum Gasteiger partial charge on any atom is -0.310 e. The maximum atomic E-state index is 15.4. The number of hydrogen-bond acceptors (Lipinski definition) is 4. The van der Waals surface area contributed by atoms with Crippen molar-refractivity contribution in [1.29, 1.82) is 0 Å². The Morgan fingerprint density at radius 2 is 1.78 bits per heavy atom. The van der Waals surface area contributed by atoms with Gasteiger partial charge in [0.15, 0.2) is 5.82 Å². The zero-order valence-corrected chi connectivity index (χ0v) is 20.4. The molecule has 0 bridgehead atoms. The summed E-state index contributed by atoms with van der Waals surface area (Å²) in [6.45, 7) is 6.20. The third-order valence-electron chi connectivity index (χ3n) is 6.99. The largest absolute Gasteiger partial charge is 0.338 e. The van der Waals surface area contributed by atoms with E-state index < -0.39 is 11.5 Å². The van der Waals surface area contributed by atoms with Gasteiger partial charge in [-0.1, -0.05) is 0 Å². The van der Waals surface area contributed by atoms with Crippen LogP contribution in [-0.4, -0.2) is 35.2 Å². The third-order valence-corrected chi connectivity index (χ3v) is 6.99. The molecule has 1 N–H and O–H groups in total. The van der Waals surface area contributed by atoms with Gasteiger partial charge in [-0.3, -0.25) is 13.8 Å². The highest BCUT2D eigenvalue weighted by atomic mass is 19.1. The van der Waals surface area contributed by atoms with Crippen molar-refractivity contribution in [3.05, 3.63) is 87.4 Å². The SMILES string of the molecule is Cc1cc(-n2nc3c(c2-n2ccn(-c4ccc5c(cnn5C)c4F)c2=O)[C@H](C)NCC3)cc(C)c1F. The van der Waals surface area contributed by atoms with E-state index in [1.807, 2.05) is 6.92 Å². The molecule has 10 heteroatoms. The average molecular weight is 490 g/mol. The van der Waals surface area contributed by atoms with Gasteiger partial charge in [0.05, 0.1) is 34.2 Å². The van der Waals surface area contributed by atoms with E-state index >= 15 is 4.39 Å². The van der Waals surface area contributed by atoms with Crippen LogP contribution in [-0.2, 0) is 13.5 Å². The van der Waals surface area contributed by atoms with Gasteiger partial charge in [0.1, 0.15) is 11.6 Å². The van der Waals surface area contributed by atoms with E-state index in [9.17, 15) is 9.18 Å². The van der Waals surface area contributed by atoms with Crippen molar-refractivity contribution in [2.75, 3.05) is 6.54 Å². The summed E-state index contributed by atoms with van der Waals surface area (Å²) in [5, 5.41) is 12.7. The molecule has 1 aliphatic heterocycles. The van der Waals surface area contributed by atoms with E-state index in [1.165, 1.54) is 15.3 Å². The summed E-state index contributed by atoms with van der Waals surface area (Å²) in [5.41, 5.74) is 3.75. The second kappa shape index (κ2) is 7.99. The molecular formula is C26H25F2N7O. The Kier molecular flexibility index (Phi) is 4.97. The smallest absolute Gasteiger partial charge is 0.310 e. The molecule has 5 aromatic rings. The van der Waals surface area contributed by atoms with Crippen molar-refractivity contribution in [3.8, 4) is 17.2 Å². The first-order valence-electron chi connectivity index (χ1n) is 11.8. The summed E-state index contributed by atoms with van der Waals surface area (Å²) in [7, 11) is 1.74. The van der Waals surface area contributed by atoms with Crippen LogP contribution in [0.25, 0.3) is 28.1 Å². The number of rotatable bonds is 3. The van der Waals surface area contributed by atoms with Gasteiger partial charge in [0.2, 0.25) is 0 Å². The highest BCUT2D eigenvalue weighted by Crippen LogP contribution is 2.32. The average Bonchev–Trinajstić information content (AvgIpc) is 3.53. The molecule has 0 unspecified atom stereocenters. The van der Waals surface area contributed by atoms with Crippen molar-refractivity contribution in [3.63, 3.8) is 0 Å². The Labute approximate surface area is 205 Å². The van der Waals surface area contributed by atoms with Crippen molar-refractivity contribution >= 4 is 10.9 Å². The minimum atomic E-state index is -0.518. The second-order valence-electron chi connectivity index (χ2n) is 9.34. The lowest BCUT2D eigenvalue weighted by Crippen LogP contribution is -2.30. The van der Waals surface area contributed by atoms with E-state index in [-0.39, 0.29) is 17.5 Å². The van der Waals surface area contributed by atoms with Crippen LogP contribution in [0.4, 0.5) is 8.78 Å². The molecule has 0 amide bonds. The molecule has 0 spiro atoms. The van der Waals surface area contributed by atoms with E-state index in [1.54, 1.807) is 66.9 Å². The van der Waals surface area contributed by atoms with Crippen LogP contribution in [0.2, 0.25) is 0 Å². The first-order chi connectivity index (χ1) is 17.3. The fourth-order valence-electron chi connectivity index (χ4n) is 5.15. The maximum Gasteiger partial charge on any atom is 0.338 e. The molecule has 4 heterocycles. The standard InChI is InChI=1S/C26H25F2N7O/c1-14-11-17(12-15(2)23(14)27)35-25(22-16(3)29-8-7-19(22)31-35)34-10-9-33(26(34)36)21-6-5-20-18(24(21)28)13-30-32(20)4/h5-6,9-13,16,29H,7-8H2,1-4H3/t16-/m0/s1. The molecule has 0 saturated heterocycles. The Hall–Kier alpha value is -4.05. The second-order valence-corrected chi connectivity index (χ2v) is 9.34. The van der Waals surface area contributed by atoms with Crippen molar-refractivity contribution in [2.45, 2.75) is 33.2 Å². The van der Waals surface area contributed by atoms with Gasteiger partial charge in [-0.25, -0.2) is 18.3 Å². The van der Waals surface area contributed by atoms with Crippen LogP contribution >= 0.6 is 0 Å². The number of hydrogen-bond donors (Lipinski definition) is 1. The Bertz CT molecular complexity index is 1700.